The summed E-state index contributed by atoms with van der Waals surface area (Å²) in [6.07, 6.45) is 2.91. The maximum atomic E-state index is 12.0. The van der Waals surface area contributed by atoms with E-state index in [1.54, 1.807) is 0 Å². The van der Waals surface area contributed by atoms with Crippen molar-refractivity contribution in [2.75, 3.05) is 32.8 Å². The first-order chi connectivity index (χ1) is 9.54. The van der Waals surface area contributed by atoms with E-state index in [1.807, 2.05) is 6.92 Å². The van der Waals surface area contributed by atoms with Gasteiger partial charge in [0.05, 0.1) is 12.1 Å². The van der Waals surface area contributed by atoms with Crippen molar-refractivity contribution >= 4 is 5.91 Å². The zero-order chi connectivity index (χ0) is 15.0. The van der Waals surface area contributed by atoms with Gasteiger partial charge in [0, 0.05) is 32.8 Å². The molecule has 0 spiro atoms. The van der Waals surface area contributed by atoms with Crippen molar-refractivity contribution in [2.24, 2.45) is 5.92 Å². The van der Waals surface area contributed by atoms with E-state index in [2.05, 4.69) is 24.1 Å². The van der Waals surface area contributed by atoms with E-state index in [9.17, 15) is 4.79 Å². The van der Waals surface area contributed by atoms with E-state index in [0.29, 0.717) is 18.9 Å². The van der Waals surface area contributed by atoms with E-state index in [-0.39, 0.29) is 24.7 Å². The van der Waals surface area contributed by atoms with Crippen LogP contribution in [0.1, 0.15) is 40.0 Å². The predicted molar refractivity (Wildman–Crippen MR) is 79.6 cm³/mol. The highest BCUT2D eigenvalue weighted by Gasteiger charge is 2.26. The summed E-state index contributed by atoms with van der Waals surface area (Å²) >= 11 is 0. The van der Waals surface area contributed by atoms with Crippen LogP contribution in [0.15, 0.2) is 0 Å². The normalized spacial score (nSPS) is 19.2. The van der Waals surface area contributed by atoms with Gasteiger partial charge in [-0.3, -0.25) is 9.69 Å². The summed E-state index contributed by atoms with van der Waals surface area (Å²) < 4.78 is 5.70. The first kappa shape index (κ1) is 17.4. The number of carbonyl (C=O) groups excluding carboxylic acids is 1. The third-order valence-electron chi connectivity index (χ3n) is 3.74. The molecule has 1 saturated heterocycles. The number of piperidine rings is 1. The lowest BCUT2D eigenvalue weighted by atomic mass is 10.1. The summed E-state index contributed by atoms with van der Waals surface area (Å²) in [5.74, 6) is 0.607. The molecule has 0 radical (unpaired) electrons. The first-order valence-corrected chi connectivity index (χ1v) is 7.78. The van der Waals surface area contributed by atoms with E-state index < -0.39 is 0 Å². The van der Waals surface area contributed by atoms with Crippen LogP contribution in [0.25, 0.3) is 0 Å². The van der Waals surface area contributed by atoms with Crippen molar-refractivity contribution in [3.63, 3.8) is 0 Å². The number of aliphatic hydroxyl groups is 1. The molecule has 0 saturated carbocycles. The maximum Gasteiger partial charge on any atom is 0.237 e. The molecule has 20 heavy (non-hydrogen) atoms. The molecule has 0 aliphatic carbocycles. The Bertz CT molecular complexity index is 276. The molecule has 5 nitrogen and oxygen atoms in total. The lowest BCUT2D eigenvalue weighted by Crippen LogP contribution is -2.49. The van der Waals surface area contributed by atoms with Crippen LogP contribution in [0.4, 0.5) is 0 Å². The van der Waals surface area contributed by atoms with Gasteiger partial charge in [0.1, 0.15) is 0 Å². The number of rotatable bonds is 8. The zero-order valence-electron chi connectivity index (χ0n) is 13.1. The quantitative estimate of drug-likeness (QED) is 0.654. The Morgan fingerprint density at radius 1 is 1.35 bits per heavy atom. The molecule has 1 fully saturated rings. The van der Waals surface area contributed by atoms with Crippen molar-refractivity contribution in [3.05, 3.63) is 0 Å². The highest BCUT2D eigenvalue weighted by Crippen LogP contribution is 2.16. The van der Waals surface area contributed by atoms with Gasteiger partial charge in [-0.25, -0.2) is 0 Å². The lowest BCUT2D eigenvalue weighted by molar-refractivity contribution is -0.127. The second-order valence-electron chi connectivity index (χ2n) is 6.00. The number of hydrogen-bond acceptors (Lipinski definition) is 4. The maximum absolute atomic E-state index is 12.0. The van der Waals surface area contributed by atoms with Crippen LogP contribution in [0.3, 0.4) is 0 Å². The highest BCUT2D eigenvalue weighted by molar-refractivity contribution is 5.81. The minimum atomic E-state index is -0.0628. The largest absolute Gasteiger partial charge is 0.396 e. The summed E-state index contributed by atoms with van der Waals surface area (Å²) in [6.45, 7) is 9.53. The fraction of sp³-hybridized carbons (Fsp3) is 0.933. The van der Waals surface area contributed by atoms with Crippen molar-refractivity contribution in [1.82, 2.24) is 10.2 Å². The van der Waals surface area contributed by atoms with Crippen molar-refractivity contribution < 1.29 is 14.6 Å². The summed E-state index contributed by atoms with van der Waals surface area (Å²) in [5.41, 5.74) is 0. The molecule has 1 heterocycles. The van der Waals surface area contributed by atoms with Gasteiger partial charge in [0.25, 0.3) is 0 Å². The van der Waals surface area contributed by atoms with Gasteiger partial charge in [-0.05, 0) is 32.1 Å². The summed E-state index contributed by atoms with van der Waals surface area (Å²) in [7, 11) is 0. The third kappa shape index (κ3) is 6.20. The average molecular weight is 286 g/mol. The van der Waals surface area contributed by atoms with E-state index in [4.69, 9.17) is 9.84 Å². The van der Waals surface area contributed by atoms with E-state index in [1.165, 1.54) is 0 Å². The van der Waals surface area contributed by atoms with Crippen LogP contribution in [-0.2, 0) is 9.53 Å². The number of likely N-dealkylation sites (tertiary alicyclic amines) is 1. The molecule has 118 valence electrons. The summed E-state index contributed by atoms with van der Waals surface area (Å²) in [6, 6.07) is -0.0628. The Labute approximate surface area is 122 Å². The summed E-state index contributed by atoms with van der Waals surface area (Å²) in [5, 5.41) is 11.7. The second-order valence-corrected chi connectivity index (χ2v) is 6.00. The van der Waals surface area contributed by atoms with Crippen molar-refractivity contribution in [1.29, 1.82) is 0 Å². The lowest BCUT2D eigenvalue weighted by Gasteiger charge is -2.35. The van der Waals surface area contributed by atoms with Crippen LogP contribution >= 0.6 is 0 Å². The molecule has 1 amide bonds. The van der Waals surface area contributed by atoms with Crippen LogP contribution < -0.4 is 5.32 Å². The molecule has 0 aromatic heterocycles. The van der Waals surface area contributed by atoms with Gasteiger partial charge in [-0.15, -0.1) is 0 Å². The van der Waals surface area contributed by atoms with Crippen molar-refractivity contribution in [2.45, 2.75) is 52.2 Å². The van der Waals surface area contributed by atoms with Crippen LogP contribution in [0.2, 0.25) is 0 Å². The molecule has 0 aromatic rings. The predicted octanol–water partition coefficient (Wildman–Crippen LogP) is 1.01. The molecule has 1 aliphatic rings. The molecule has 1 aliphatic heterocycles. The number of nitrogens with zero attached hydrogens (tertiary/aromatic N) is 1. The fourth-order valence-electron chi connectivity index (χ4n) is 2.36. The van der Waals surface area contributed by atoms with E-state index in [0.717, 1.165) is 32.5 Å². The topological polar surface area (TPSA) is 61.8 Å². The van der Waals surface area contributed by atoms with Crippen LogP contribution in [0, 0.1) is 5.92 Å². The molecule has 1 atom stereocenters. The fourth-order valence-corrected chi connectivity index (χ4v) is 2.36. The number of hydrogen-bond donors (Lipinski definition) is 2. The Morgan fingerprint density at radius 3 is 2.55 bits per heavy atom. The van der Waals surface area contributed by atoms with Gasteiger partial charge < -0.3 is 15.2 Å². The van der Waals surface area contributed by atoms with Gasteiger partial charge in [-0.1, -0.05) is 13.8 Å². The van der Waals surface area contributed by atoms with Gasteiger partial charge >= 0.3 is 0 Å². The van der Waals surface area contributed by atoms with Gasteiger partial charge in [-0.2, -0.15) is 0 Å². The molecular weight excluding hydrogens is 256 g/mol. The van der Waals surface area contributed by atoms with E-state index >= 15 is 0 Å². The minimum Gasteiger partial charge on any atom is -0.396 e. The van der Waals surface area contributed by atoms with Crippen LogP contribution in [0.5, 0.6) is 0 Å². The minimum absolute atomic E-state index is 0.0628. The Kier molecular flexibility index (Phi) is 8.11. The summed E-state index contributed by atoms with van der Waals surface area (Å²) in [4.78, 5) is 14.3. The smallest absolute Gasteiger partial charge is 0.237 e. The number of ether oxygens (including phenoxy) is 1. The Morgan fingerprint density at radius 2 is 2.00 bits per heavy atom. The number of carbonyl (C=O) groups is 1. The van der Waals surface area contributed by atoms with Crippen LogP contribution in [-0.4, -0.2) is 60.9 Å². The third-order valence-corrected chi connectivity index (χ3v) is 3.74. The van der Waals surface area contributed by atoms with Gasteiger partial charge in [0.2, 0.25) is 5.91 Å². The Balaban J connectivity index is 2.24. The molecule has 1 unspecified atom stereocenters. The molecule has 2 N–H and O–H groups in total. The SMILES string of the molecule is CC(C)CNC(=O)C(C)N1CCC(OCCCO)CC1. The highest BCUT2D eigenvalue weighted by atomic mass is 16.5. The number of aliphatic hydroxyl groups excluding tert-OH is 1. The Hall–Kier alpha value is -0.650. The molecule has 0 aromatic carbocycles. The zero-order valence-corrected chi connectivity index (χ0v) is 13.1. The first-order valence-electron chi connectivity index (χ1n) is 7.78. The molecule has 0 bridgehead atoms. The molecular formula is C15H30N2O3. The number of amides is 1. The van der Waals surface area contributed by atoms with Gasteiger partial charge in [0.15, 0.2) is 0 Å². The molecule has 5 heteroatoms. The number of nitrogens with one attached hydrogen (secondary N) is 1. The van der Waals surface area contributed by atoms with Crippen molar-refractivity contribution in [3.8, 4) is 0 Å². The monoisotopic (exact) mass is 286 g/mol. The second kappa shape index (κ2) is 9.32. The average Bonchev–Trinajstić information content (AvgIpc) is 2.45. The standard InChI is InChI=1S/C15H30N2O3/c1-12(2)11-16-15(19)13(3)17-7-5-14(6-8-17)20-10-4-9-18/h12-14,18H,4-11H2,1-3H3,(H,16,19). The molecule has 1 rings (SSSR count).